The molecule has 0 aliphatic heterocycles. The van der Waals surface area contributed by atoms with E-state index in [4.69, 9.17) is 4.42 Å². The van der Waals surface area contributed by atoms with Crippen LogP contribution in [0.1, 0.15) is 38.2 Å². The molecule has 4 aromatic rings. The number of furan rings is 1. The normalized spacial score (nSPS) is 13.0. The van der Waals surface area contributed by atoms with Gasteiger partial charge in [0.25, 0.3) is 5.56 Å². The van der Waals surface area contributed by atoms with E-state index in [0.717, 1.165) is 40.1 Å². The third-order valence-corrected chi connectivity index (χ3v) is 8.61. The monoisotopic (exact) mass is 485 g/mol. The van der Waals surface area contributed by atoms with Gasteiger partial charge < -0.3 is 14.3 Å². The lowest BCUT2D eigenvalue weighted by Gasteiger charge is -2.21. The number of amides is 1. The van der Waals surface area contributed by atoms with Gasteiger partial charge in [0.1, 0.15) is 16.4 Å². The van der Waals surface area contributed by atoms with Crippen LogP contribution < -0.4 is 5.56 Å². The third kappa shape index (κ3) is 4.55. The molecule has 0 saturated carbocycles. The Hall–Kier alpha value is -2.36. The lowest BCUT2D eigenvalue weighted by molar-refractivity contribution is -0.129. The fourth-order valence-electron chi connectivity index (χ4n) is 4.02. The Kier molecular flexibility index (Phi) is 6.21. The van der Waals surface area contributed by atoms with E-state index in [1.165, 1.54) is 27.1 Å². The van der Waals surface area contributed by atoms with E-state index >= 15 is 0 Å². The van der Waals surface area contributed by atoms with Crippen molar-refractivity contribution in [2.75, 3.05) is 5.75 Å². The molecule has 4 aromatic heterocycles. The highest BCUT2D eigenvalue weighted by Gasteiger charge is 2.21. The molecule has 9 heteroatoms. The number of hydrogen-bond donors (Lipinski definition) is 1. The van der Waals surface area contributed by atoms with E-state index in [1.54, 1.807) is 28.9 Å². The number of carbonyl (C=O) groups excluding carboxylic acids is 1. The maximum atomic E-state index is 13.0. The van der Waals surface area contributed by atoms with Gasteiger partial charge in [-0.25, -0.2) is 4.98 Å². The Bertz CT molecular complexity index is 1300. The summed E-state index contributed by atoms with van der Waals surface area (Å²) in [6, 6.07) is 7.86. The van der Waals surface area contributed by atoms with Crippen molar-refractivity contribution >= 4 is 50.6 Å². The molecule has 0 fully saturated rings. The molecule has 0 unspecified atom stereocenters. The highest BCUT2D eigenvalue weighted by molar-refractivity contribution is 7.99. The molecule has 1 aliphatic carbocycles. The molecule has 1 amide bonds. The van der Waals surface area contributed by atoms with Crippen LogP contribution in [-0.4, -0.2) is 26.5 Å². The van der Waals surface area contributed by atoms with Gasteiger partial charge in [0.05, 0.1) is 36.2 Å². The number of carbonyl (C=O) groups is 1. The molecule has 1 N–H and O–H groups in total. The highest BCUT2D eigenvalue weighted by Crippen LogP contribution is 2.34. The van der Waals surface area contributed by atoms with Crippen molar-refractivity contribution < 1.29 is 9.21 Å². The van der Waals surface area contributed by atoms with Gasteiger partial charge >= 0.3 is 0 Å². The average Bonchev–Trinajstić information content (AvgIpc) is 3.53. The smallest absolute Gasteiger partial charge is 0.259 e. The second-order valence-electron chi connectivity index (χ2n) is 7.88. The standard InChI is InChI=1S/C23H23N3O3S3/c1-14-7-8-16(31-14)11-26(10-15-4-3-9-29-15)20(27)13-30-12-19-24-22(28)21-17-5-2-6-18(17)32-23(21)25-19/h3-4,7-9H,2,5-6,10-13H2,1H3,(H,24,25,28). The van der Waals surface area contributed by atoms with Crippen LogP contribution in [0, 0.1) is 6.92 Å². The van der Waals surface area contributed by atoms with Gasteiger partial charge in [-0.15, -0.1) is 34.4 Å². The Labute approximate surface area is 197 Å². The van der Waals surface area contributed by atoms with Gasteiger partial charge in [0.2, 0.25) is 5.91 Å². The zero-order chi connectivity index (χ0) is 22.1. The average molecular weight is 486 g/mol. The molecule has 0 spiro atoms. The zero-order valence-electron chi connectivity index (χ0n) is 17.7. The Balaban J connectivity index is 1.25. The van der Waals surface area contributed by atoms with Gasteiger partial charge in [0, 0.05) is 14.6 Å². The summed E-state index contributed by atoms with van der Waals surface area (Å²) >= 11 is 4.81. The molecule has 0 aromatic carbocycles. The number of aromatic amines is 1. The molecule has 32 heavy (non-hydrogen) atoms. The van der Waals surface area contributed by atoms with Gasteiger partial charge in [-0.3, -0.25) is 9.59 Å². The Morgan fingerprint density at radius 2 is 2.16 bits per heavy atom. The molecule has 0 saturated heterocycles. The summed E-state index contributed by atoms with van der Waals surface area (Å²) in [6.07, 6.45) is 4.76. The number of nitrogens with zero attached hydrogens (tertiary/aromatic N) is 2. The lowest BCUT2D eigenvalue weighted by atomic mass is 10.2. The van der Waals surface area contributed by atoms with Crippen LogP contribution in [0.25, 0.3) is 10.2 Å². The fourth-order valence-corrected chi connectivity index (χ4v) is 7.00. The number of rotatable bonds is 8. The summed E-state index contributed by atoms with van der Waals surface area (Å²) in [6.45, 7) is 3.06. The zero-order valence-corrected chi connectivity index (χ0v) is 20.1. The molecule has 0 atom stereocenters. The van der Waals surface area contributed by atoms with Crippen molar-refractivity contribution in [2.45, 2.75) is 45.0 Å². The van der Waals surface area contributed by atoms with Crippen molar-refractivity contribution in [1.29, 1.82) is 0 Å². The maximum Gasteiger partial charge on any atom is 0.259 e. The number of nitrogens with one attached hydrogen (secondary N) is 1. The van der Waals surface area contributed by atoms with Crippen molar-refractivity contribution in [3.8, 4) is 0 Å². The van der Waals surface area contributed by atoms with Gasteiger partial charge in [-0.05, 0) is 56.0 Å². The van der Waals surface area contributed by atoms with Crippen LogP contribution in [0.4, 0.5) is 0 Å². The Morgan fingerprint density at radius 1 is 1.25 bits per heavy atom. The summed E-state index contributed by atoms with van der Waals surface area (Å²) in [4.78, 5) is 39.6. The predicted octanol–water partition coefficient (Wildman–Crippen LogP) is 4.90. The fraction of sp³-hybridized carbons (Fsp3) is 0.348. The first-order chi connectivity index (χ1) is 15.6. The molecule has 166 valence electrons. The molecule has 4 heterocycles. The SMILES string of the molecule is Cc1ccc(CN(Cc2ccco2)C(=O)CSCc2nc3sc4c(c3c(=O)[nH]2)CCC4)s1. The number of aromatic nitrogens is 2. The topological polar surface area (TPSA) is 79.2 Å². The van der Waals surface area contributed by atoms with E-state index < -0.39 is 0 Å². The first-order valence-electron chi connectivity index (χ1n) is 10.5. The predicted molar refractivity (Wildman–Crippen MR) is 130 cm³/mol. The van der Waals surface area contributed by atoms with E-state index in [2.05, 4.69) is 29.0 Å². The molecule has 0 radical (unpaired) electrons. The Morgan fingerprint density at radius 3 is 2.94 bits per heavy atom. The molecular weight excluding hydrogens is 462 g/mol. The first kappa shape index (κ1) is 21.5. The van der Waals surface area contributed by atoms with Crippen LogP contribution in [0.2, 0.25) is 0 Å². The minimum atomic E-state index is -0.0520. The number of thiophene rings is 2. The van der Waals surface area contributed by atoms with Crippen LogP contribution in [0.5, 0.6) is 0 Å². The van der Waals surface area contributed by atoms with Crippen LogP contribution >= 0.6 is 34.4 Å². The quantitative estimate of drug-likeness (QED) is 0.384. The molecule has 5 rings (SSSR count). The van der Waals surface area contributed by atoms with E-state index in [1.807, 2.05) is 17.0 Å². The summed E-state index contributed by atoms with van der Waals surface area (Å²) < 4.78 is 5.46. The molecule has 6 nitrogen and oxygen atoms in total. The molecular formula is C23H23N3O3S3. The van der Waals surface area contributed by atoms with Crippen LogP contribution in [0.3, 0.4) is 0 Å². The second kappa shape index (κ2) is 9.25. The largest absolute Gasteiger partial charge is 0.467 e. The number of fused-ring (bicyclic) bond motifs is 3. The summed E-state index contributed by atoms with van der Waals surface area (Å²) in [5.41, 5.74) is 1.13. The number of hydrogen-bond acceptors (Lipinski definition) is 7. The van der Waals surface area contributed by atoms with E-state index in [9.17, 15) is 9.59 Å². The highest BCUT2D eigenvalue weighted by atomic mass is 32.2. The first-order valence-corrected chi connectivity index (χ1v) is 13.3. The second-order valence-corrected chi connectivity index (χ2v) is 11.3. The van der Waals surface area contributed by atoms with Crippen molar-refractivity contribution in [3.05, 3.63) is 72.7 Å². The lowest BCUT2D eigenvalue weighted by Crippen LogP contribution is -2.31. The minimum absolute atomic E-state index is 0.0379. The van der Waals surface area contributed by atoms with Crippen molar-refractivity contribution in [1.82, 2.24) is 14.9 Å². The van der Waals surface area contributed by atoms with Gasteiger partial charge in [0.15, 0.2) is 0 Å². The third-order valence-electron chi connectivity index (χ3n) is 5.51. The van der Waals surface area contributed by atoms with Crippen molar-refractivity contribution in [2.24, 2.45) is 0 Å². The van der Waals surface area contributed by atoms with Gasteiger partial charge in [-0.1, -0.05) is 0 Å². The van der Waals surface area contributed by atoms with E-state index in [-0.39, 0.29) is 11.5 Å². The molecule has 1 aliphatic rings. The van der Waals surface area contributed by atoms with E-state index in [0.29, 0.717) is 30.4 Å². The van der Waals surface area contributed by atoms with Crippen LogP contribution in [0.15, 0.2) is 39.7 Å². The summed E-state index contributed by atoms with van der Waals surface area (Å²) in [5, 5.41) is 0.767. The summed E-state index contributed by atoms with van der Waals surface area (Å²) in [7, 11) is 0. The maximum absolute atomic E-state index is 13.0. The number of thioether (sulfide) groups is 1. The van der Waals surface area contributed by atoms with Crippen molar-refractivity contribution in [3.63, 3.8) is 0 Å². The number of aryl methyl sites for hydroxylation is 3. The minimum Gasteiger partial charge on any atom is -0.467 e. The summed E-state index contributed by atoms with van der Waals surface area (Å²) in [5.74, 6) is 2.24. The molecule has 0 bridgehead atoms. The number of H-pyrrole nitrogens is 1. The van der Waals surface area contributed by atoms with Crippen LogP contribution in [-0.2, 0) is 36.5 Å². The van der Waals surface area contributed by atoms with Gasteiger partial charge in [-0.2, -0.15) is 0 Å².